The number of amides is 1. The van der Waals surface area contributed by atoms with Crippen molar-refractivity contribution in [2.24, 2.45) is 5.92 Å². The summed E-state index contributed by atoms with van der Waals surface area (Å²) in [5.41, 5.74) is 1.10. The van der Waals surface area contributed by atoms with Gasteiger partial charge in [0.25, 0.3) is 5.91 Å². The highest BCUT2D eigenvalue weighted by molar-refractivity contribution is 7.89. The Morgan fingerprint density at radius 2 is 2.00 bits per heavy atom. The van der Waals surface area contributed by atoms with Crippen LogP contribution < -0.4 is 5.32 Å². The number of carbonyl (C=O) groups is 1. The molecule has 0 atom stereocenters. The first kappa shape index (κ1) is 21.0. The Morgan fingerprint density at radius 3 is 2.68 bits per heavy atom. The van der Waals surface area contributed by atoms with E-state index in [0.29, 0.717) is 25.6 Å². The highest BCUT2D eigenvalue weighted by atomic mass is 32.2. The Bertz CT molecular complexity index is 843. The van der Waals surface area contributed by atoms with Crippen LogP contribution in [0.15, 0.2) is 34.7 Å². The number of hydrogen-bond acceptors (Lipinski definition) is 3. The van der Waals surface area contributed by atoms with E-state index in [9.17, 15) is 17.6 Å². The molecule has 1 fully saturated rings. The topological polar surface area (TPSA) is 66.5 Å². The monoisotopic (exact) mass is 408 g/mol. The molecule has 1 aromatic carbocycles. The minimum Gasteiger partial charge on any atom is -0.352 e. The second-order valence-corrected chi connectivity index (χ2v) is 9.78. The highest BCUT2D eigenvalue weighted by Crippen LogP contribution is 2.25. The molecule has 0 aromatic heterocycles. The Kier molecular flexibility index (Phi) is 6.88. The average Bonchev–Trinajstić information content (AvgIpc) is 2.69. The predicted molar refractivity (Wildman–Crippen MR) is 107 cm³/mol. The molecule has 3 rings (SSSR count). The zero-order valence-electron chi connectivity index (χ0n) is 16.4. The first-order valence-corrected chi connectivity index (χ1v) is 11.6. The molecule has 2 aliphatic rings. The van der Waals surface area contributed by atoms with Crippen LogP contribution >= 0.6 is 0 Å². The van der Waals surface area contributed by atoms with Gasteiger partial charge in [0.05, 0.1) is 10.5 Å². The van der Waals surface area contributed by atoms with E-state index in [-0.39, 0.29) is 10.5 Å². The molecule has 5 nitrogen and oxygen atoms in total. The van der Waals surface area contributed by atoms with Crippen LogP contribution in [0.4, 0.5) is 4.39 Å². The van der Waals surface area contributed by atoms with Gasteiger partial charge in [-0.15, -0.1) is 0 Å². The van der Waals surface area contributed by atoms with Crippen LogP contribution in [-0.2, 0) is 10.0 Å². The molecule has 0 radical (unpaired) electrons. The fraction of sp³-hybridized carbons (Fsp3) is 0.571. The van der Waals surface area contributed by atoms with Gasteiger partial charge in [-0.2, -0.15) is 4.31 Å². The molecule has 1 aromatic rings. The maximum atomic E-state index is 14.2. The van der Waals surface area contributed by atoms with Crippen LogP contribution in [0.2, 0.25) is 0 Å². The van der Waals surface area contributed by atoms with Crippen LogP contribution in [0, 0.1) is 11.7 Å². The van der Waals surface area contributed by atoms with Gasteiger partial charge in [-0.3, -0.25) is 4.79 Å². The number of nitrogens with one attached hydrogen (secondary N) is 1. The predicted octanol–water partition coefficient (Wildman–Crippen LogP) is 3.87. The molecular weight excluding hydrogens is 379 g/mol. The van der Waals surface area contributed by atoms with E-state index >= 15 is 0 Å². The van der Waals surface area contributed by atoms with Crippen LogP contribution in [0.3, 0.4) is 0 Å². The van der Waals surface area contributed by atoms with Gasteiger partial charge in [-0.1, -0.05) is 18.6 Å². The van der Waals surface area contributed by atoms with Gasteiger partial charge < -0.3 is 5.32 Å². The molecule has 154 valence electrons. The number of rotatable bonds is 6. The molecular formula is C21H29FN2O3S. The lowest BCUT2D eigenvalue weighted by Crippen LogP contribution is -2.38. The number of piperidine rings is 1. The first-order chi connectivity index (χ1) is 13.4. The summed E-state index contributed by atoms with van der Waals surface area (Å²) >= 11 is 0. The largest absolute Gasteiger partial charge is 0.352 e. The van der Waals surface area contributed by atoms with Crippen molar-refractivity contribution in [3.8, 4) is 0 Å². The molecule has 0 unspecified atom stereocenters. The molecule has 1 heterocycles. The second kappa shape index (κ2) is 9.18. The fourth-order valence-electron chi connectivity index (χ4n) is 3.78. The molecule has 1 aliphatic carbocycles. The number of carbonyl (C=O) groups excluding carboxylic acids is 1. The summed E-state index contributed by atoms with van der Waals surface area (Å²) < 4.78 is 41.4. The maximum Gasteiger partial charge on any atom is 0.254 e. The minimum absolute atomic E-state index is 0.0245. The third-order valence-electron chi connectivity index (χ3n) is 5.68. The summed E-state index contributed by atoms with van der Waals surface area (Å²) in [6.45, 7) is 3.44. The van der Waals surface area contributed by atoms with E-state index in [4.69, 9.17) is 0 Å². The van der Waals surface area contributed by atoms with E-state index < -0.39 is 21.7 Å². The summed E-state index contributed by atoms with van der Waals surface area (Å²) in [5, 5.41) is 2.72. The van der Waals surface area contributed by atoms with Crippen LogP contribution in [0.1, 0.15) is 62.2 Å². The number of nitrogens with zero attached hydrogens (tertiary/aromatic N) is 1. The number of allylic oxidation sites excluding steroid dienone is 1. The summed E-state index contributed by atoms with van der Waals surface area (Å²) in [6, 6.07) is 3.47. The minimum atomic E-state index is -3.72. The van der Waals surface area contributed by atoms with Crippen molar-refractivity contribution in [3.63, 3.8) is 0 Å². The Morgan fingerprint density at radius 1 is 1.25 bits per heavy atom. The first-order valence-electron chi connectivity index (χ1n) is 10.1. The van der Waals surface area contributed by atoms with E-state index in [1.54, 1.807) is 0 Å². The lowest BCUT2D eigenvalue weighted by atomic mass is 9.97. The van der Waals surface area contributed by atoms with E-state index in [2.05, 4.69) is 18.3 Å². The summed E-state index contributed by atoms with van der Waals surface area (Å²) in [4.78, 5) is 12.4. The second-order valence-electron chi connectivity index (χ2n) is 7.84. The fourth-order valence-corrected chi connectivity index (χ4v) is 5.27. The number of sulfonamides is 1. The van der Waals surface area contributed by atoms with Crippen LogP contribution in [-0.4, -0.2) is 38.3 Å². The van der Waals surface area contributed by atoms with Gasteiger partial charge in [-0.05, 0) is 69.1 Å². The third kappa shape index (κ3) is 5.00. The zero-order valence-corrected chi connectivity index (χ0v) is 17.2. The molecule has 0 bridgehead atoms. The molecule has 7 heteroatoms. The van der Waals surface area contributed by atoms with Crippen molar-refractivity contribution in [1.29, 1.82) is 0 Å². The molecule has 1 N–H and O–H groups in total. The molecule has 1 saturated heterocycles. The Hall–Kier alpha value is -1.73. The molecule has 0 spiro atoms. The van der Waals surface area contributed by atoms with Gasteiger partial charge in [0.15, 0.2) is 0 Å². The van der Waals surface area contributed by atoms with Crippen molar-refractivity contribution in [2.45, 2.75) is 56.8 Å². The Balaban J connectivity index is 1.68. The van der Waals surface area contributed by atoms with Crippen LogP contribution in [0.25, 0.3) is 0 Å². The lowest BCUT2D eigenvalue weighted by Gasteiger charge is -2.29. The van der Waals surface area contributed by atoms with Crippen molar-refractivity contribution in [2.75, 3.05) is 19.6 Å². The summed E-state index contributed by atoms with van der Waals surface area (Å²) in [5.74, 6) is -0.779. The normalized spacial score (nSPS) is 19.3. The number of halogens is 1. The standard InChI is InChI=1S/C21H29FN2O3S/c1-16-10-13-24(14-11-16)28(26,27)18-7-8-20(22)19(15-18)21(25)23-12-9-17-5-3-2-4-6-17/h5,7-8,15-16H,2-4,6,9-14H2,1H3,(H,23,25). The number of hydrogen-bond donors (Lipinski definition) is 1. The van der Waals surface area contributed by atoms with Gasteiger partial charge in [-0.25, -0.2) is 12.8 Å². The highest BCUT2D eigenvalue weighted by Gasteiger charge is 2.29. The SMILES string of the molecule is CC1CCN(S(=O)(=O)c2ccc(F)c(C(=O)NCCC3=CCCCC3)c2)CC1. The van der Waals surface area contributed by atoms with Crippen molar-refractivity contribution in [1.82, 2.24) is 9.62 Å². The van der Waals surface area contributed by atoms with Gasteiger partial charge >= 0.3 is 0 Å². The maximum absolute atomic E-state index is 14.2. The zero-order chi connectivity index (χ0) is 20.1. The van der Waals surface area contributed by atoms with Crippen LogP contribution in [0.5, 0.6) is 0 Å². The van der Waals surface area contributed by atoms with Gasteiger partial charge in [0, 0.05) is 19.6 Å². The average molecular weight is 409 g/mol. The van der Waals surface area contributed by atoms with Gasteiger partial charge in [0.1, 0.15) is 5.82 Å². The van der Waals surface area contributed by atoms with E-state index in [1.165, 1.54) is 28.8 Å². The molecule has 1 aliphatic heterocycles. The number of benzene rings is 1. The lowest BCUT2D eigenvalue weighted by molar-refractivity contribution is 0.0949. The van der Waals surface area contributed by atoms with Crippen molar-refractivity contribution in [3.05, 3.63) is 41.2 Å². The molecule has 0 saturated carbocycles. The van der Waals surface area contributed by atoms with Crippen molar-refractivity contribution >= 4 is 15.9 Å². The quantitative estimate of drug-likeness (QED) is 0.727. The Labute approximate surface area is 167 Å². The smallest absolute Gasteiger partial charge is 0.254 e. The summed E-state index contributed by atoms with van der Waals surface area (Å²) in [6.07, 6.45) is 9.08. The van der Waals surface area contributed by atoms with Gasteiger partial charge in [0.2, 0.25) is 10.0 Å². The van der Waals surface area contributed by atoms with E-state index in [0.717, 1.165) is 44.2 Å². The van der Waals surface area contributed by atoms with E-state index in [1.807, 2.05) is 0 Å². The third-order valence-corrected chi connectivity index (χ3v) is 7.57. The molecule has 1 amide bonds. The summed E-state index contributed by atoms with van der Waals surface area (Å²) in [7, 11) is -3.72. The van der Waals surface area contributed by atoms with Crippen molar-refractivity contribution < 1.29 is 17.6 Å². The molecule has 28 heavy (non-hydrogen) atoms.